The summed E-state index contributed by atoms with van der Waals surface area (Å²) in [6, 6.07) is 16.3. The summed E-state index contributed by atoms with van der Waals surface area (Å²) in [5.74, 6) is 1.19. The largest absolute Gasteiger partial charge is 0.496 e. The van der Waals surface area contributed by atoms with E-state index in [2.05, 4.69) is 42.6 Å². The topological polar surface area (TPSA) is 38.3 Å². The van der Waals surface area contributed by atoms with Gasteiger partial charge in [-0.15, -0.1) is 0 Å². The Balaban J connectivity index is 1.96. The molecule has 1 fully saturated rings. The molecule has 0 bridgehead atoms. The number of aryl methyl sites for hydroxylation is 1. The lowest BCUT2D eigenvalue weighted by Crippen LogP contribution is -2.30. The van der Waals surface area contributed by atoms with E-state index in [4.69, 9.17) is 4.74 Å². The minimum atomic E-state index is -0.0587. The smallest absolute Gasteiger partial charge is 0.138 e. The number of Topliss-reactive ketones (excluding diaryl/α,β-unsaturated/α-hetero) is 1. The first-order chi connectivity index (χ1) is 11.7. The highest BCUT2D eigenvalue weighted by Crippen LogP contribution is 2.38. The first-order valence-corrected chi connectivity index (χ1v) is 8.68. The average Bonchev–Trinajstić information content (AvgIpc) is 2.62. The van der Waals surface area contributed by atoms with E-state index in [1.54, 1.807) is 7.11 Å². The number of carbonyl (C=O) groups is 1. The van der Waals surface area contributed by atoms with E-state index < -0.39 is 0 Å². The molecule has 0 aromatic heterocycles. The van der Waals surface area contributed by atoms with Crippen LogP contribution in [0.1, 0.15) is 42.9 Å². The molecule has 0 spiro atoms. The summed E-state index contributed by atoms with van der Waals surface area (Å²) in [5, 5.41) is 3.60. The van der Waals surface area contributed by atoms with E-state index in [-0.39, 0.29) is 12.0 Å². The molecule has 0 aliphatic heterocycles. The molecule has 0 amide bonds. The first-order valence-electron chi connectivity index (χ1n) is 8.68. The summed E-state index contributed by atoms with van der Waals surface area (Å²) in [4.78, 5) is 12.6. The molecule has 2 unspecified atom stereocenters. The van der Waals surface area contributed by atoms with Crippen LogP contribution in [0.2, 0.25) is 0 Å². The number of hydrogen-bond acceptors (Lipinski definition) is 3. The minimum absolute atomic E-state index is 0.00338. The number of rotatable bonds is 5. The first kappa shape index (κ1) is 16.6. The number of ketones is 1. The van der Waals surface area contributed by atoms with Gasteiger partial charge in [-0.05, 0) is 38.0 Å². The maximum absolute atomic E-state index is 12.6. The molecule has 2 aromatic carbocycles. The standard InChI is InChI=1S/C21H25NO2/c1-15-11-13-16(14-12-15)22-21(17-7-3-5-9-19(17)23)18-8-4-6-10-20(18)24-2/h4,6,8,10-14,17,21-22H,3,5,7,9H2,1-2H3. The molecule has 0 saturated heterocycles. The van der Waals surface area contributed by atoms with Gasteiger partial charge in [0, 0.05) is 23.6 Å². The van der Waals surface area contributed by atoms with Crippen LogP contribution in [-0.2, 0) is 4.79 Å². The number of carbonyl (C=O) groups excluding carboxylic acids is 1. The number of nitrogens with one attached hydrogen (secondary N) is 1. The molecule has 1 N–H and O–H groups in total. The molecule has 126 valence electrons. The maximum Gasteiger partial charge on any atom is 0.138 e. The molecule has 2 aromatic rings. The second kappa shape index (κ2) is 7.52. The fraction of sp³-hybridized carbons (Fsp3) is 0.381. The number of ether oxygens (including phenoxy) is 1. The lowest BCUT2D eigenvalue weighted by molar-refractivity contribution is -0.125. The van der Waals surface area contributed by atoms with Gasteiger partial charge in [0.15, 0.2) is 0 Å². The van der Waals surface area contributed by atoms with E-state index in [0.29, 0.717) is 12.2 Å². The molecule has 0 heterocycles. The van der Waals surface area contributed by atoms with Gasteiger partial charge < -0.3 is 10.1 Å². The third-order valence-electron chi connectivity index (χ3n) is 4.85. The molecule has 24 heavy (non-hydrogen) atoms. The van der Waals surface area contributed by atoms with Gasteiger partial charge in [-0.3, -0.25) is 4.79 Å². The quantitative estimate of drug-likeness (QED) is 0.849. The molecular weight excluding hydrogens is 298 g/mol. The zero-order valence-corrected chi connectivity index (χ0v) is 14.4. The van der Waals surface area contributed by atoms with Crippen molar-refractivity contribution in [2.24, 2.45) is 5.92 Å². The summed E-state index contributed by atoms with van der Waals surface area (Å²) in [6.07, 6.45) is 3.74. The molecule has 3 rings (SSSR count). The van der Waals surface area contributed by atoms with Gasteiger partial charge in [0.1, 0.15) is 11.5 Å². The summed E-state index contributed by atoms with van der Waals surface area (Å²) in [7, 11) is 1.68. The summed E-state index contributed by atoms with van der Waals surface area (Å²) in [5.41, 5.74) is 3.32. The maximum atomic E-state index is 12.6. The van der Waals surface area contributed by atoms with E-state index in [1.165, 1.54) is 5.56 Å². The molecule has 0 radical (unpaired) electrons. The summed E-state index contributed by atoms with van der Waals surface area (Å²) in [6.45, 7) is 2.08. The molecule has 1 aliphatic carbocycles. The highest BCUT2D eigenvalue weighted by atomic mass is 16.5. The minimum Gasteiger partial charge on any atom is -0.496 e. The van der Waals surface area contributed by atoms with E-state index in [1.807, 2.05) is 18.2 Å². The Bertz CT molecular complexity index is 693. The van der Waals surface area contributed by atoms with Crippen LogP contribution in [-0.4, -0.2) is 12.9 Å². The predicted octanol–water partition coefficient (Wildman–Crippen LogP) is 4.92. The number of anilines is 1. The van der Waals surface area contributed by atoms with Crippen LogP contribution < -0.4 is 10.1 Å². The monoisotopic (exact) mass is 323 g/mol. The normalized spacial score (nSPS) is 18.9. The molecule has 1 saturated carbocycles. The lowest BCUT2D eigenvalue weighted by Gasteiger charge is -2.32. The highest BCUT2D eigenvalue weighted by Gasteiger charge is 2.32. The Hall–Kier alpha value is -2.29. The van der Waals surface area contributed by atoms with Crippen LogP contribution in [0, 0.1) is 12.8 Å². The highest BCUT2D eigenvalue weighted by molar-refractivity contribution is 5.83. The Morgan fingerprint density at radius 2 is 1.83 bits per heavy atom. The number of hydrogen-bond donors (Lipinski definition) is 1. The van der Waals surface area contributed by atoms with Gasteiger partial charge in [-0.25, -0.2) is 0 Å². The lowest BCUT2D eigenvalue weighted by atomic mass is 9.79. The van der Waals surface area contributed by atoms with E-state index in [9.17, 15) is 4.79 Å². The van der Waals surface area contributed by atoms with Crippen molar-refractivity contribution in [3.8, 4) is 5.75 Å². The van der Waals surface area contributed by atoms with Crippen LogP contribution in [0.3, 0.4) is 0 Å². The molecule has 2 atom stereocenters. The average molecular weight is 323 g/mol. The van der Waals surface area contributed by atoms with E-state index in [0.717, 1.165) is 36.3 Å². The number of benzene rings is 2. The van der Waals surface area contributed by atoms with Gasteiger partial charge in [0.05, 0.1) is 13.2 Å². The fourth-order valence-electron chi connectivity index (χ4n) is 3.51. The van der Waals surface area contributed by atoms with Crippen LogP contribution in [0.15, 0.2) is 48.5 Å². The molecule has 3 nitrogen and oxygen atoms in total. The van der Waals surface area contributed by atoms with Crippen molar-refractivity contribution in [3.63, 3.8) is 0 Å². The van der Waals surface area contributed by atoms with Crippen LogP contribution in [0.5, 0.6) is 5.75 Å². The number of methoxy groups -OCH3 is 1. The second-order valence-electron chi connectivity index (χ2n) is 6.55. The molecular formula is C21H25NO2. The molecule has 1 aliphatic rings. The van der Waals surface area contributed by atoms with Crippen molar-refractivity contribution in [2.75, 3.05) is 12.4 Å². The summed E-state index contributed by atoms with van der Waals surface area (Å²) < 4.78 is 5.56. The number of para-hydroxylation sites is 1. The van der Waals surface area contributed by atoms with Gasteiger partial charge in [0.25, 0.3) is 0 Å². The van der Waals surface area contributed by atoms with Crippen LogP contribution in [0.25, 0.3) is 0 Å². The third kappa shape index (κ3) is 3.61. The summed E-state index contributed by atoms with van der Waals surface area (Å²) >= 11 is 0. The fourth-order valence-corrected chi connectivity index (χ4v) is 3.51. The van der Waals surface area contributed by atoms with Gasteiger partial charge in [-0.2, -0.15) is 0 Å². The van der Waals surface area contributed by atoms with Gasteiger partial charge in [0.2, 0.25) is 0 Å². The Morgan fingerprint density at radius 1 is 1.08 bits per heavy atom. The SMILES string of the molecule is COc1ccccc1C(Nc1ccc(C)cc1)C1CCCCC1=O. The Morgan fingerprint density at radius 3 is 2.54 bits per heavy atom. The predicted molar refractivity (Wildman–Crippen MR) is 97.5 cm³/mol. The van der Waals surface area contributed by atoms with Crippen molar-refractivity contribution >= 4 is 11.5 Å². The van der Waals surface area contributed by atoms with Crippen molar-refractivity contribution in [1.82, 2.24) is 0 Å². The van der Waals surface area contributed by atoms with Gasteiger partial charge >= 0.3 is 0 Å². The van der Waals surface area contributed by atoms with E-state index >= 15 is 0 Å². The van der Waals surface area contributed by atoms with Crippen molar-refractivity contribution in [1.29, 1.82) is 0 Å². The van der Waals surface area contributed by atoms with Crippen molar-refractivity contribution in [3.05, 3.63) is 59.7 Å². The Labute approximate surface area is 144 Å². The van der Waals surface area contributed by atoms with Crippen molar-refractivity contribution < 1.29 is 9.53 Å². The second-order valence-corrected chi connectivity index (χ2v) is 6.55. The van der Waals surface area contributed by atoms with Gasteiger partial charge in [-0.1, -0.05) is 42.3 Å². The Kier molecular flexibility index (Phi) is 5.19. The molecule has 3 heteroatoms. The zero-order valence-electron chi connectivity index (χ0n) is 14.4. The van der Waals surface area contributed by atoms with Crippen LogP contribution in [0.4, 0.5) is 5.69 Å². The third-order valence-corrected chi connectivity index (χ3v) is 4.85. The zero-order chi connectivity index (χ0) is 16.9. The van der Waals surface area contributed by atoms with Crippen LogP contribution >= 0.6 is 0 Å². The van der Waals surface area contributed by atoms with Crippen molar-refractivity contribution in [2.45, 2.75) is 38.6 Å².